The van der Waals surface area contributed by atoms with Crippen molar-refractivity contribution in [1.29, 1.82) is 0 Å². The van der Waals surface area contributed by atoms with Gasteiger partial charge in [-0.15, -0.1) is 0 Å². The van der Waals surface area contributed by atoms with Gasteiger partial charge in [0.1, 0.15) is 5.75 Å². The van der Waals surface area contributed by atoms with Crippen LogP contribution in [0.2, 0.25) is 0 Å². The largest absolute Gasteiger partial charge is 0.491 e. The van der Waals surface area contributed by atoms with Crippen LogP contribution in [0, 0.1) is 5.92 Å². The van der Waals surface area contributed by atoms with Crippen LogP contribution in [0.25, 0.3) is 0 Å². The van der Waals surface area contributed by atoms with Gasteiger partial charge in [0.05, 0.1) is 12.0 Å². The molecule has 8 heteroatoms. The number of carbonyl (C=O) groups excluding carboxylic acids is 1. The summed E-state index contributed by atoms with van der Waals surface area (Å²) in [6.45, 7) is 4.56. The van der Waals surface area contributed by atoms with Crippen LogP contribution in [0.4, 0.5) is 5.69 Å². The first-order valence-electron chi connectivity index (χ1n) is 8.45. The maximum atomic E-state index is 12.5. The zero-order valence-corrected chi connectivity index (χ0v) is 16.0. The lowest BCUT2D eigenvalue weighted by Gasteiger charge is -2.32. The molecule has 140 valence electrons. The molecule has 1 aromatic carbocycles. The number of nitrogens with one attached hydrogen (secondary N) is 1. The van der Waals surface area contributed by atoms with Crippen molar-refractivity contribution in [2.75, 3.05) is 32.5 Å². The summed E-state index contributed by atoms with van der Waals surface area (Å²) in [4.78, 5) is 12.5. The second kappa shape index (κ2) is 8.16. The van der Waals surface area contributed by atoms with Crippen molar-refractivity contribution in [3.05, 3.63) is 24.3 Å². The Hall–Kier alpha value is -1.64. The Labute approximate surface area is 150 Å². The summed E-state index contributed by atoms with van der Waals surface area (Å²) in [6.07, 6.45) is 1.44. The third-order valence-corrected chi connectivity index (χ3v) is 5.94. The van der Waals surface area contributed by atoms with Gasteiger partial charge in [-0.2, -0.15) is 17.0 Å². The van der Waals surface area contributed by atoms with Crippen LogP contribution in [0.5, 0.6) is 5.75 Å². The summed E-state index contributed by atoms with van der Waals surface area (Å²) >= 11 is 0. The molecular weight excluding hydrogens is 342 g/mol. The van der Waals surface area contributed by atoms with Gasteiger partial charge in [-0.3, -0.25) is 4.79 Å². The fourth-order valence-corrected chi connectivity index (χ4v) is 3.92. The SMILES string of the molecule is CC(C)Oc1ccc(NC(=O)[C@H]2CCCN(S(=O)(=O)N(C)C)C2)cc1. The second-order valence-electron chi connectivity index (χ2n) is 6.67. The smallest absolute Gasteiger partial charge is 0.281 e. The lowest BCUT2D eigenvalue weighted by Crippen LogP contribution is -2.47. The number of benzene rings is 1. The van der Waals surface area contributed by atoms with Crippen molar-refractivity contribution in [3.8, 4) is 5.75 Å². The standard InChI is InChI=1S/C17H27N3O4S/c1-13(2)24-16-9-7-15(8-10-16)18-17(21)14-6-5-11-20(12-14)25(22,23)19(3)4/h7-10,13-14H,5-6,11-12H2,1-4H3,(H,18,21)/t14-/m0/s1. The molecule has 1 aromatic rings. The van der Waals surface area contributed by atoms with E-state index < -0.39 is 10.2 Å². The van der Waals surface area contributed by atoms with Crippen molar-refractivity contribution in [2.45, 2.75) is 32.8 Å². The van der Waals surface area contributed by atoms with E-state index >= 15 is 0 Å². The van der Waals surface area contributed by atoms with Gasteiger partial charge in [0.25, 0.3) is 10.2 Å². The second-order valence-corrected chi connectivity index (χ2v) is 8.81. The van der Waals surface area contributed by atoms with E-state index in [2.05, 4.69) is 5.32 Å². The fraction of sp³-hybridized carbons (Fsp3) is 0.588. The molecule has 0 unspecified atom stereocenters. The molecule has 7 nitrogen and oxygen atoms in total. The molecule has 2 rings (SSSR count). The van der Waals surface area contributed by atoms with E-state index in [1.54, 1.807) is 24.3 Å². The molecule has 1 atom stereocenters. The maximum absolute atomic E-state index is 12.5. The molecule has 1 aliphatic rings. The number of anilines is 1. The Kier molecular flexibility index (Phi) is 6.42. The molecule has 1 N–H and O–H groups in total. The number of carbonyl (C=O) groups is 1. The Morgan fingerprint density at radius 3 is 2.48 bits per heavy atom. The fourth-order valence-electron chi connectivity index (χ4n) is 2.73. The summed E-state index contributed by atoms with van der Waals surface area (Å²) in [5, 5.41) is 2.86. The van der Waals surface area contributed by atoms with Gasteiger partial charge in [-0.05, 0) is 51.0 Å². The van der Waals surface area contributed by atoms with Crippen molar-refractivity contribution in [3.63, 3.8) is 0 Å². The molecule has 0 aromatic heterocycles. The minimum atomic E-state index is -3.49. The van der Waals surface area contributed by atoms with Crippen molar-refractivity contribution in [2.24, 2.45) is 5.92 Å². The normalized spacial score (nSPS) is 19.2. The molecule has 1 aliphatic heterocycles. The molecule has 1 heterocycles. The number of piperidine rings is 1. The van der Waals surface area contributed by atoms with E-state index in [9.17, 15) is 13.2 Å². The molecular formula is C17H27N3O4S. The Morgan fingerprint density at radius 2 is 1.92 bits per heavy atom. The number of rotatable bonds is 6. The zero-order valence-electron chi connectivity index (χ0n) is 15.2. The number of hydrogen-bond acceptors (Lipinski definition) is 4. The van der Waals surface area contributed by atoms with Gasteiger partial charge in [-0.1, -0.05) is 0 Å². The van der Waals surface area contributed by atoms with Crippen molar-refractivity contribution < 1.29 is 17.9 Å². The number of ether oxygens (including phenoxy) is 1. The van der Waals surface area contributed by atoms with Crippen LogP contribution in [-0.2, 0) is 15.0 Å². The van der Waals surface area contributed by atoms with E-state index in [1.807, 2.05) is 13.8 Å². The lowest BCUT2D eigenvalue weighted by molar-refractivity contribution is -0.120. The molecule has 1 saturated heterocycles. The highest BCUT2D eigenvalue weighted by molar-refractivity contribution is 7.86. The monoisotopic (exact) mass is 369 g/mol. The predicted octanol–water partition coefficient (Wildman–Crippen LogP) is 1.93. The van der Waals surface area contributed by atoms with Gasteiger partial charge < -0.3 is 10.1 Å². The summed E-state index contributed by atoms with van der Waals surface area (Å²) in [5.74, 6) is 0.236. The summed E-state index contributed by atoms with van der Waals surface area (Å²) in [5.41, 5.74) is 0.675. The van der Waals surface area contributed by atoms with E-state index in [0.717, 1.165) is 5.75 Å². The third kappa shape index (κ3) is 5.17. The van der Waals surface area contributed by atoms with Crippen LogP contribution >= 0.6 is 0 Å². The minimum Gasteiger partial charge on any atom is -0.491 e. The number of hydrogen-bond donors (Lipinski definition) is 1. The van der Waals surface area contributed by atoms with E-state index in [-0.39, 0.29) is 24.5 Å². The average Bonchev–Trinajstić information content (AvgIpc) is 2.56. The highest BCUT2D eigenvalue weighted by Crippen LogP contribution is 2.23. The lowest BCUT2D eigenvalue weighted by atomic mass is 9.99. The molecule has 1 amide bonds. The van der Waals surface area contributed by atoms with E-state index in [1.165, 1.54) is 22.7 Å². The molecule has 0 aliphatic carbocycles. The Morgan fingerprint density at radius 1 is 1.28 bits per heavy atom. The van der Waals surface area contributed by atoms with Crippen LogP contribution in [0.15, 0.2) is 24.3 Å². The first kappa shape index (κ1) is 19.7. The molecule has 0 spiro atoms. The van der Waals surface area contributed by atoms with Gasteiger partial charge in [0, 0.05) is 32.9 Å². The topological polar surface area (TPSA) is 79.0 Å². The molecule has 0 bridgehead atoms. The van der Waals surface area contributed by atoms with Crippen molar-refractivity contribution in [1.82, 2.24) is 8.61 Å². The average molecular weight is 369 g/mol. The Bertz CT molecular complexity index is 686. The first-order chi connectivity index (χ1) is 11.7. The first-order valence-corrected chi connectivity index (χ1v) is 9.85. The third-order valence-electron chi connectivity index (χ3n) is 4.04. The van der Waals surface area contributed by atoms with Crippen LogP contribution < -0.4 is 10.1 Å². The Balaban J connectivity index is 1.98. The molecule has 25 heavy (non-hydrogen) atoms. The van der Waals surface area contributed by atoms with E-state index in [4.69, 9.17) is 4.74 Å². The zero-order chi connectivity index (χ0) is 18.6. The molecule has 0 radical (unpaired) electrons. The maximum Gasteiger partial charge on any atom is 0.281 e. The highest BCUT2D eigenvalue weighted by atomic mass is 32.2. The van der Waals surface area contributed by atoms with Gasteiger partial charge >= 0.3 is 0 Å². The van der Waals surface area contributed by atoms with Crippen LogP contribution in [0.1, 0.15) is 26.7 Å². The number of nitrogens with zero attached hydrogens (tertiary/aromatic N) is 2. The van der Waals surface area contributed by atoms with Crippen LogP contribution in [-0.4, -0.2) is 56.2 Å². The highest BCUT2D eigenvalue weighted by Gasteiger charge is 2.33. The molecule has 0 saturated carbocycles. The minimum absolute atomic E-state index is 0.0901. The molecule has 1 fully saturated rings. The van der Waals surface area contributed by atoms with Gasteiger partial charge in [0.2, 0.25) is 5.91 Å². The summed E-state index contributed by atoms with van der Waals surface area (Å²) in [6, 6.07) is 7.18. The van der Waals surface area contributed by atoms with Gasteiger partial charge in [-0.25, -0.2) is 0 Å². The van der Waals surface area contributed by atoms with Gasteiger partial charge in [0.15, 0.2) is 0 Å². The van der Waals surface area contributed by atoms with Crippen molar-refractivity contribution >= 4 is 21.8 Å². The summed E-state index contributed by atoms with van der Waals surface area (Å²) < 4.78 is 32.6. The van der Waals surface area contributed by atoms with E-state index in [0.29, 0.717) is 25.1 Å². The predicted molar refractivity (Wildman–Crippen MR) is 97.7 cm³/mol. The summed E-state index contributed by atoms with van der Waals surface area (Å²) in [7, 11) is -0.487. The number of amides is 1. The van der Waals surface area contributed by atoms with Crippen LogP contribution in [0.3, 0.4) is 0 Å². The quantitative estimate of drug-likeness (QED) is 0.831.